The van der Waals surface area contributed by atoms with Gasteiger partial charge in [0.15, 0.2) is 0 Å². The minimum atomic E-state index is 0.245. The van der Waals surface area contributed by atoms with Gasteiger partial charge in [0.05, 0.1) is 0 Å². The van der Waals surface area contributed by atoms with Crippen LogP contribution in [-0.2, 0) is 0 Å². The summed E-state index contributed by atoms with van der Waals surface area (Å²) in [7, 11) is 0. The minimum Gasteiger partial charge on any atom is -0.329 e. The molecule has 2 saturated heterocycles. The molecule has 0 radical (unpaired) electrons. The predicted molar refractivity (Wildman–Crippen MR) is 72.4 cm³/mol. The third kappa shape index (κ3) is 3.36. The van der Waals surface area contributed by atoms with Gasteiger partial charge in [-0.2, -0.15) is 0 Å². The second kappa shape index (κ2) is 6.38. The second-order valence-corrected chi connectivity index (χ2v) is 5.57. The standard InChI is InChI=1S/C13H26N4O/c1-12-2-5-16(6-3-12)13(18)17-10-8-15(7-4-14)9-11-17/h12H,2-11,14H2,1H3. The lowest BCUT2D eigenvalue weighted by Crippen LogP contribution is -2.54. The van der Waals surface area contributed by atoms with Gasteiger partial charge in [0.2, 0.25) is 0 Å². The Hall–Kier alpha value is -0.810. The molecule has 0 spiro atoms. The third-order valence-corrected chi connectivity index (χ3v) is 4.14. The maximum atomic E-state index is 12.3. The van der Waals surface area contributed by atoms with Crippen molar-refractivity contribution in [2.75, 3.05) is 52.4 Å². The van der Waals surface area contributed by atoms with Crippen molar-refractivity contribution in [3.63, 3.8) is 0 Å². The smallest absolute Gasteiger partial charge is 0.320 e. The summed E-state index contributed by atoms with van der Waals surface area (Å²) in [6.45, 7) is 9.43. The van der Waals surface area contributed by atoms with E-state index in [0.717, 1.165) is 64.6 Å². The Morgan fingerprint density at radius 3 is 2.17 bits per heavy atom. The van der Waals surface area contributed by atoms with Gasteiger partial charge in [0.1, 0.15) is 0 Å². The fourth-order valence-corrected chi connectivity index (χ4v) is 2.75. The van der Waals surface area contributed by atoms with Gasteiger partial charge in [-0.25, -0.2) is 4.79 Å². The highest BCUT2D eigenvalue weighted by atomic mass is 16.2. The van der Waals surface area contributed by atoms with Crippen LogP contribution in [0, 0.1) is 5.92 Å². The number of hydrogen-bond acceptors (Lipinski definition) is 3. The summed E-state index contributed by atoms with van der Waals surface area (Å²) >= 11 is 0. The van der Waals surface area contributed by atoms with Crippen LogP contribution < -0.4 is 5.73 Å². The van der Waals surface area contributed by atoms with E-state index in [-0.39, 0.29) is 6.03 Å². The van der Waals surface area contributed by atoms with Crippen LogP contribution in [0.1, 0.15) is 19.8 Å². The summed E-state index contributed by atoms with van der Waals surface area (Å²) in [5, 5.41) is 0. The van der Waals surface area contributed by atoms with E-state index in [1.807, 2.05) is 9.80 Å². The number of nitrogens with two attached hydrogens (primary N) is 1. The summed E-state index contributed by atoms with van der Waals surface area (Å²) in [6.07, 6.45) is 2.30. The molecule has 2 fully saturated rings. The summed E-state index contributed by atoms with van der Waals surface area (Å²) in [5.74, 6) is 0.774. The average Bonchev–Trinajstić information content (AvgIpc) is 2.40. The molecule has 5 nitrogen and oxygen atoms in total. The molecule has 0 aromatic heterocycles. The molecule has 2 aliphatic heterocycles. The van der Waals surface area contributed by atoms with Crippen molar-refractivity contribution < 1.29 is 4.79 Å². The highest BCUT2D eigenvalue weighted by molar-refractivity contribution is 5.74. The van der Waals surface area contributed by atoms with Crippen molar-refractivity contribution in [3.8, 4) is 0 Å². The zero-order valence-corrected chi connectivity index (χ0v) is 11.5. The number of rotatable bonds is 2. The number of nitrogens with zero attached hydrogens (tertiary/aromatic N) is 3. The fraction of sp³-hybridized carbons (Fsp3) is 0.923. The molecule has 2 amide bonds. The molecule has 0 aromatic carbocycles. The lowest BCUT2D eigenvalue weighted by Gasteiger charge is -2.39. The molecule has 0 atom stereocenters. The molecule has 2 heterocycles. The number of urea groups is 1. The summed E-state index contributed by atoms with van der Waals surface area (Å²) < 4.78 is 0. The normalized spacial score (nSPS) is 23.4. The van der Waals surface area contributed by atoms with Gasteiger partial charge in [-0.1, -0.05) is 6.92 Å². The van der Waals surface area contributed by atoms with Crippen molar-refractivity contribution in [1.82, 2.24) is 14.7 Å². The van der Waals surface area contributed by atoms with Crippen LogP contribution in [0.25, 0.3) is 0 Å². The Morgan fingerprint density at radius 2 is 1.61 bits per heavy atom. The average molecular weight is 254 g/mol. The highest BCUT2D eigenvalue weighted by Gasteiger charge is 2.27. The zero-order valence-electron chi connectivity index (χ0n) is 11.5. The maximum absolute atomic E-state index is 12.3. The molecule has 0 aromatic rings. The van der Waals surface area contributed by atoms with Crippen molar-refractivity contribution in [3.05, 3.63) is 0 Å². The minimum absolute atomic E-state index is 0.245. The monoisotopic (exact) mass is 254 g/mol. The van der Waals surface area contributed by atoms with E-state index >= 15 is 0 Å². The molecular formula is C13H26N4O. The molecule has 2 aliphatic rings. The van der Waals surface area contributed by atoms with Gasteiger partial charge < -0.3 is 15.5 Å². The molecule has 5 heteroatoms. The molecule has 0 unspecified atom stereocenters. The topological polar surface area (TPSA) is 52.8 Å². The number of carbonyl (C=O) groups is 1. The molecule has 2 rings (SSSR count). The van der Waals surface area contributed by atoms with Crippen molar-refractivity contribution in [2.24, 2.45) is 11.7 Å². The summed E-state index contributed by atoms with van der Waals surface area (Å²) in [5.41, 5.74) is 5.55. The Kier molecular flexibility index (Phi) is 4.83. The van der Waals surface area contributed by atoms with Crippen LogP contribution in [0.5, 0.6) is 0 Å². The van der Waals surface area contributed by atoms with Crippen LogP contribution in [0.2, 0.25) is 0 Å². The summed E-state index contributed by atoms with van der Waals surface area (Å²) in [4.78, 5) is 18.7. The van der Waals surface area contributed by atoms with E-state index in [0.29, 0.717) is 6.54 Å². The third-order valence-electron chi connectivity index (χ3n) is 4.14. The lowest BCUT2D eigenvalue weighted by atomic mass is 9.99. The number of likely N-dealkylation sites (tertiary alicyclic amines) is 1. The van der Waals surface area contributed by atoms with Crippen molar-refractivity contribution in [1.29, 1.82) is 0 Å². The van der Waals surface area contributed by atoms with Gasteiger partial charge in [-0.15, -0.1) is 0 Å². The molecule has 0 saturated carbocycles. The predicted octanol–water partition coefficient (Wildman–Crippen LogP) is 0.415. The Labute approximate surface area is 110 Å². The first-order valence-electron chi connectivity index (χ1n) is 7.17. The SMILES string of the molecule is CC1CCN(C(=O)N2CCN(CCN)CC2)CC1. The molecule has 2 N–H and O–H groups in total. The number of piperazine rings is 1. The Bertz CT molecular complexity index is 268. The fourth-order valence-electron chi connectivity index (χ4n) is 2.75. The van der Waals surface area contributed by atoms with E-state index in [9.17, 15) is 4.79 Å². The summed E-state index contributed by atoms with van der Waals surface area (Å²) in [6, 6.07) is 0.245. The lowest BCUT2D eigenvalue weighted by molar-refractivity contribution is 0.103. The highest BCUT2D eigenvalue weighted by Crippen LogP contribution is 2.17. The van der Waals surface area contributed by atoms with E-state index in [1.54, 1.807) is 0 Å². The van der Waals surface area contributed by atoms with E-state index in [4.69, 9.17) is 5.73 Å². The number of piperidine rings is 1. The first-order valence-corrected chi connectivity index (χ1v) is 7.17. The van der Waals surface area contributed by atoms with Gasteiger partial charge in [0, 0.05) is 52.4 Å². The van der Waals surface area contributed by atoms with Crippen LogP contribution >= 0.6 is 0 Å². The molecule has 104 valence electrons. The molecular weight excluding hydrogens is 228 g/mol. The van der Waals surface area contributed by atoms with E-state index in [1.165, 1.54) is 0 Å². The van der Waals surface area contributed by atoms with Crippen LogP contribution in [0.3, 0.4) is 0 Å². The van der Waals surface area contributed by atoms with Gasteiger partial charge in [-0.05, 0) is 18.8 Å². The molecule has 0 bridgehead atoms. The maximum Gasteiger partial charge on any atom is 0.320 e. The number of carbonyl (C=O) groups excluding carboxylic acids is 1. The van der Waals surface area contributed by atoms with Gasteiger partial charge in [-0.3, -0.25) is 4.90 Å². The van der Waals surface area contributed by atoms with Crippen LogP contribution in [-0.4, -0.2) is 73.1 Å². The molecule has 0 aliphatic carbocycles. The van der Waals surface area contributed by atoms with Gasteiger partial charge in [0.25, 0.3) is 0 Å². The Balaban J connectivity index is 1.77. The first-order chi connectivity index (χ1) is 8.70. The van der Waals surface area contributed by atoms with Crippen molar-refractivity contribution in [2.45, 2.75) is 19.8 Å². The van der Waals surface area contributed by atoms with E-state index in [2.05, 4.69) is 11.8 Å². The zero-order chi connectivity index (χ0) is 13.0. The van der Waals surface area contributed by atoms with Crippen molar-refractivity contribution >= 4 is 6.03 Å². The van der Waals surface area contributed by atoms with Crippen LogP contribution in [0.15, 0.2) is 0 Å². The van der Waals surface area contributed by atoms with Crippen LogP contribution in [0.4, 0.5) is 4.79 Å². The Morgan fingerprint density at radius 1 is 1.06 bits per heavy atom. The molecule has 18 heavy (non-hydrogen) atoms. The number of hydrogen-bond donors (Lipinski definition) is 1. The quantitative estimate of drug-likeness (QED) is 0.777. The number of amides is 2. The van der Waals surface area contributed by atoms with E-state index < -0.39 is 0 Å². The first kappa shape index (κ1) is 13.6. The largest absolute Gasteiger partial charge is 0.329 e. The van der Waals surface area contributed by atoms with Gasteiger partial charge >= 0.3 is 6.03 Å². The second-order valence-electron chi connectivity index (χ2n) is 5.57.